The van der Waals surface area contributed by atoms with E-state index in [1.54, 1.807) is 14.2 Å². The van der Waals surface area contributed by atoms with Crippen LogP contribution in [0.2, 0.25) is 0 Å². The first-order valence-corrected chi connectivity index (χ1v) is 4.78. The third-order valence-corrected chi connectivity index (χ3v) is 2.18. The molecule has 1 aliphatic heterocycles. The van der Waals surface area contributed by atoms with Gasteiger partial charge < -0.3 is 18.9 Å². The van der Waals surface area contributed by atoms with Crippen molar-refractivity contribution in [1.29, 1.82) is 0 Å². The van der Waals surface area contributed by atoms with Gasteiger partial charge in [-0.2, -0.15) is 0 Å². The summed E-state index contributed by atoms with van der Waals surface area (Å²) in [5, 5.41) is 0. The Kier molecular flexibility index (Phi) is 5.48. The molecule has 5 heteroatoms. The van der Waals surface area contributed by atoms with E-state index >= 15 is 0 Å². The summed E-state index contributed by atoms with van der Waals surface area (Å²) < 4.78 is 20.8. The molecule has 4 nitrogen and oxygen atoms in total. The molecule has 0 aromatic heterocycles. The molecule has 2 radical (unpaired) electrons. The maximum absolute atomic E-state index is 5.74. The minimum Gasteiger partial charge on any atom is -0.382 e. The highest BCUT2D eigenvalue weighted by atomic mass is 16.6. The van der Waals surface area contributed by atoms with E-state index in [9.17, 15) is 0 Å². The number of ether oxygens (including phenoxy) is 4. The fraction of sp³-hybridized carbons (Fsp3) is 1.00. The van der Waals surface area contributed by atoms with Gasteiger partial charge in [-0.15, -0.1) is 0 Å². The van der Waals surface area contributed by atoms with Crippen molar-refractivity contribution in [3.8, 4) is 0 Å². The molecule has 1 saturated heterocycles. The fourth-order valence-electron chi connectivity index (χ4n) is 1.50. The van der Waals surface area contributed by atoms with E-state index in [0.29, 0.717) is 19.8 Å². The lowest BCUT2D eigenvalue weighted by molar-refractivity contribution is -0.0115. The van der Waals surface area contributed by atoms with Gasteiger partial charge in [0.05, 0.1) is 32.0 Å². The van der Waals surface area contributed by atoms with Crippen LogP contribution in [-0.4, -0.2) is 60.1 Å². The van der Waals surface area contributed by atoms with Crippen LogP contribution in [-0.2, 0) is 18.9 Å². The van der Waals surface area contributed by atoms with Crippen LogP contribution < -0.4 is 0 Å². The van der Waals surface area contributed by atoms with Crippen LogP contribution in [0, 0.1) is 0 Å². The minimum atomic E-state index is -0.341. The molecule has 1 aliphatic rings. The van der Waals surface area contributed by atoms with Crippen LogP contribution in [0.5, 0.6) is 0 Å². The topological polar surface area (TPSA) is 36.9 Å². The Balaban J connectivity index is 2.19. The van der Waals surface area contributed by atoms with E-state index < -0.39 is 0 Å². The van der Waals surface area contributed by atoms with Crippen LogP contribution in [0.3, 0.4) is 0 Å². The summed E-state index contributed by atoms with van der Waals surface area (Å²) in [5.74, 6) is 0. The summed E-state index contributed by atoms with van der Waals surface area (Å²) in [4.78, 5) is 0. The molecular formula is C9H17BO4. The third-order valence-electron chi connectivity index (χ3n) is 2.18. The van der Waals surface area contributed by atoms with Crippen molar-refractivity contribution in [2.75, 3.05) is 34.0 Å². The first kappa shape index (κ1) is 12.0. The largest absolute Gasteiger partial charge is 0.382 e. The quantitative estimate of drug-likeness (QED) is 0.445. The molecule has 0 aliphatic carbocycles. The van der Waals surface area contributed by atoms with Crippen molar-refractivity contribution < 1.29 is 18.9 Å². The molecule has 0 aromatic carbocycles. The standard InChI is InChI=1S/C9H17BO4/c1-11-3-4-13-8-5-7(6-12-2)14-9(8)10/h7-9H,3-6H2,1-2H3. The van der Waals surface area contributed by atoms with Gasteiger partial charge in [0, 0.05) is 26.6 Å². The molecule has 3 atom stereocenters. The summed E-state index contributed by atoms with van der Waals surface area (Å²) in [7, 11) is 9.03. The highest BCUT2D eigenvalue weighted by Gasteiger charge is 2.32. The Hall–Kier alpha value is -0.0951. The van der Waals surface area contributed by atoms with Crippen LogP contribution in [0.15, 0.2) is 0 Å². The predicted molar refractivity (Wildman–Crippen MR) is 52.5 cm³/mol. The normalized spacial score (nSPS) is 32.3. The summed E-state index contributed by atoms with van der Waals surface area (Å²) in [5.41, 5.74) is 0. The highest BCUT2D eigenvalue weighted by Crippen LogP contribution is 2.21. The van der Waals surface area contributed by atoms with Crippen molar-refractivity contribution in [2.24, 2.45) is 0 Å². The number of hydrogen-bond acceptors (Lipinski definition) is 4. The third kappa shape index (κ3) is 3.57. The number of rotatable bonds is 6. The van der Waals surface area contributed by atoms with Crippen LogP contribution in [0.25, 0.3) is 0 Å². The van der Waals surface area contributed by atoms with Crippen LogP contribution >= 0.6 is 0 Å². The second kappa shape index (κ2) is 6.40. The Bertz CT molecular complexity index is 156. The van der Waals surface area contributed by atoms with E-state index in [1.165, 1.54) is 0 Å². The van der Waals surface area contributed by atoms with Crippen molar-refractivity contribution >= 4 is 7.85 Å². The zero-order valence-electron chi connectivity index (χ0n) is 8.77. The highest BCUT2D eigenvalue weighted by molar-refractivity contribution is 6.11. The second-order valence-electron chi connectivity index (χ2n) is 3.32. The molecule has 0 bridgehead atoms. The van der Waals surface area contributed by atoms with E-state index in [4.69, 9.17) is 26.8 Å². The fourth-order valence-corrected chi connectivity index (χ4v) is 1.50. The van der Waals surface area contributed by atoms with Gasteiger partial charge in [-0.1, -0.05) is 0 Å². The SMILES string of the molecule is [B]C1OC(COC)CC1OCCOC. The van der Waals surface area contributed by atoms with Gasteiger partial charge in [0.2, 0.25) is 0 Å². The molecule has 1 rings (SSSR count). The molecular weight excluding hydrogens is 183 g/mol. The molecule has 14 heavy (non-hydrogen) atoms. The smallest absolute Gasteiger partial charge is 0.112 e. The molecule has 3 unspecified atom stereocenters. The lowest BCUT2D eigenvalue weighted by Gasteiger charge is -2.14. The summed E-state index contributed by atoms with van der Waals surface area (Å²) >= 11 is 0. The van der Waals surface area contributed by atoms with Crippen molar-refractivity contribution in [2.45, 2.75) is 24.6 Å². The Morgan fingerprint density at radius 1 is 1.29 bits per heavy atom. The Morgan fingerprint density at radius 3 is 2.71 bits per heavy atom. The zero-order valence-corrected chi connectivity index (χ0v) is 8.77. The van der Waals surface area contributed by atoms with Gasteiger partial charge in [-0.25, -0.2) is 0 Å². The first-order chi connectivity index (χ1) is 6.77. The van der Waals surface area contributed by atoms with Crippen molar-refractivity contribution in [3.63, 3.8) is 0 Å². The molecule has 80 valence electrons. The Labute approximate surface area is 86.3 Å². The summed E-state index contributed by atoms with van der Waals surface area (Å²) in [6, 6.07) is -0.341. The zero-order chi connectivity index (χ0) is 10.4. The van der Waals surface area contributed by atoms with Crippen molar-refractivity contribution in [3.05, 3.63) is 0 Å². The second-order valence-corrected chi connectivity index (χ2v) is 3.32. The average molecular weight is 200 g/mol. The minimum absolute atomic E-state index is 0.0368. The molecule has 0 saturated carbocycles. The molecule has 0 aromatic rings. The van der Waals surface area contributed by atoms with Crippen LogP contribution in [0.1, 0.15) is 6.42 Å². The van der Waals surface area contributed by atoms with Gasteiger partial charge in [0.25, 0.3) is 0 Å². The lowest BCUT2D eigenvalue weighted by atomic mass is 9.94. The van der Waals surface area contributed by atoms with E-state index in [0.717, 1.165) is 6.42 Å². The average Bonchev–Trinajstić information content (AvgIpc) is 2.48. The molecule has 1 fully saturated rings. The van der Waals surface area contributed by atoms with Crippen LogP contribution in [0.4, 0.5) is 0 Å². The molecule has 0 N–H and O–H groups in total. The number of hydrogen-bond donors (Lipinski definition) is 0. The van der Waals surface area contributed by atoms with Gasteiger partial charge in [-0.05, 0) is 0 Å². The first-order valence-electron chi connectivity index (χ1n) is 4.78. The van der Waals surface area contributed by atoms with Gasteiger partial charge in [0.15, 0.2) is 0 Å². The van der Waals surface area contributed by atoms with E-state index in [-0.39, 0.29) is 18.2 Å². The van der Waals surface area contributed by atoms with E-state index in [1.807, 2.05) is 0 Å². The van der Waals surface area contributed by atoms with Crippen molar-refractivity contribution in [1.82, 2.24) is 0 Å². The number of methoxy groups -OCH3 is 2. The summed E-state index contributed by atoms with van der Waals surface area (Å²) in [6.45, 7) is 1.70. The van der Waals surface area contributed by atoms with Gasteiger partial charge in [-0.3, -0.25) is 0 Å². The maximum atomic E-state index is 5.74. The molecule has 1 heterocycles. The molecule has 0 spiro atoms. The predicted octanol–water partition coefficient (Wildman–Crippen LogP) is -0.0521. The maximum Gasteiger partial charge on any atom is 0.112 e. The van der Waals surface area contributed by atoms with Gasteiger partial charge >= 0.3 is 0 Å². The molecule has 0 amide bonds. The monoisotopic (exact) mass is 200 g/mol. The Morgan fingerprint density at radius 2 is 2.07 bits per heavy atom. The lowest BCUT2D eigenvalue weighted by Crippen LogP contribution is -2.25. The van der Waals surface area contributed by atoms with Gasteiger partial charge in [0.1, 0.15) is 7.85 Å². The van der Waals surface area contributed by atoms with E-state index in [2.05, 4.69) is 0 Å². The summed E-state index contributed by atoms with van der Waals surface area (Å²) in [6.07, 6.45) is 0.812.